The van der Waals surface area contributed by atoms with Crippen molar-refractivity contribution in [1.82, 2.24) is 9.55 Å². The summed E-state index contributed by atoms with van der Waals surface area (Å²) in [6, 6.07) is 64.4. The molecule has 2 aromatic heterocycles. The average Bonchev–Trinajstić information content (AvgIpc) is 1.81. The van der Waals surface area contributed by atoms with E-state index in [1.807, 2.05) is 42.6 Å². The molecule has 0 unspecified atom stereocenters. The zero-order valence-electron chi connectivity index (χ0n) is 52.9. The lowest BCUT2D eigenvalue weighted by atomic mass is 9.78. The van der Waals surface area contributed by atoms with E-state index in [-0.39, 0.29) is 51.4 Å². The first-order valence-corrected chi connectivity index (χ1v) is 27.9. The van der Waals surface area contributed by atoms with Crippen LogP contribution in [0.15, 0.2) is 224 Å². The highest BCUT2D eigenvalue weighted by atomic mass is 16.5. The van der Waals surface area contributed by atoms with Crippen LogP contribution < -0.4 is 14.5 Å². The standard InChI is InChI=1S/C75H72N4O/c1-72(2,3)55-28-20-25-52(41-55)63-32-22-31-62(50-23-14-12-15-24-50)71(63)78-49-77(67-33-18-19-34-68(67)78)59-29-21-30-60(47-59)80-61-36-37-64-65-44-51(53-42-57(73(4,5)6)45-58(43-53)74(7,8)9)35-38-66(65)79(69(64)48-61)70-46-56(39-40-76-70)75(10,11)54-26-16-13-17-27-54/h12-48H,49H2,1-11H3/i12D,14D,15D,23D,24D. The predicted octanol–water partition coefficient (Wildman–Crippen LogP) is 20.4. The molecule has 80 heavy (non-hydrogen) atoms. The van der Waals surface area contributed by atoms with Gasteiger partial charge in [0.25, 0.3) is 0 Å². The second-order valence-electron chi connectivity index (χ2n) is 25.1. The number of ether oxygens (including phenoxy) is 1. The van der Waals surface area contributed by atoms with Gasteiger partial charge >= 0.3 is 0 Å². The lowest BCUT2D eigenvalue weighted by Gasteiger charge is -2.28. The summed E-state index contributed by atoms with van der Waals surface area (Å²) >= 11 is 0. The van der Waals surface area contributed by atoms with E-state index in [0.29, 0.717) is 23.7 Å². The van der Waals surface area contributed by atoms with Crippen LogP contribution in [0, 0.1) is 0 Å². The number of aromatic nitrogens is 2. The minimum Gasteiger partial charge on any atom is -0.457 e. The van der Waals surface area contributed by atoms with Gasteiger partial charge in [-0.2, -0.15) is 0 Å². The minimum absolute atomic E-state index is 0.0360. The molecule has 12 rings (SSSR count). The average molecular weight is 1050 g/mol. The van der Waals surface area contributed by atoms with Crippen LogP contribution in [0.1, 0.15) is 111 Å². The Balaban J connectivity index is 0.967. The van der Waals surface area contributed by atoms with Crippen molar-refractivity contribution in [3.8, 4) is 50.7 Å². The Kier molecular flexibility index (Phi) is 11.5. The first kappa shape index (κ1) is 46.3. The number of hydrogen-bond acceptors (Lipinski definition) is 4. The van der Waals surface area contributed by atoms with Crippen LogP contribution in [-0.4, -0.2) is 16.2 Å². The maximum Gasteiger partial charge on any atom is 0.137 e. The topological polar surface area (TPSA) is 33.5 Å². The monoisotopic (exact) mass is 1050 g/mol. The van der Waals surface area contributed by atoms with E-state index in [1.165, 1.54) is 22.3 Å². The van der Waals surface area contributed by atoms with Gasteiger partial charge in [-0.1, -0.05) is 222 Å². The lowest BCUT2D eigenvalue weighted by molar-refractivity contribution is 0.483. The molecular weight excluding hydrogens is 973 g/mol. The summed E-state index contributed by atoms with van der Waals surface area (Å²) in [5.41, 5.74) is 16.0. The van der Waals surface area contributed by atoms with Gasteiger partial charge in [-0.15, -0.1) is 0 Å². The molecule has 1 aliphatic heterocycles. The molecule has 398 valence electrons. The van der Waals surface area contributed by atoms with Crippen LogP contribution in [0.4, 0.5) is 22.7 Å². The fourth-order valence-corrected chi connectivity index (χ4v) is 11.4. The van der Waals surface area contributed by atoms with Crippen molar-refractivity contribution in [2.45, 2.75) is 97.8 Å². The number of para-hydroxylation sites is 3. The molecule has 5 nitrogen and oxygen atoms in total. The lowest BCUT2D eigenvalue weighted by Crippen LogP contribution is -2.25. The van der Waals surface area contributed by atoms with Gasteiger partial charge in [0.1, 0.15) is 24.0 Å². The van der Waals surface area contributed by atoms with Crippen molar-refractivity contribution in [3.63, 3.8) is 0 Å². The first-order valence-electron chi connectivity index (χ1n) is 30.4. The Hall–Kier alpha value is -8.67. The third-order valence-electron chi connectivity index (χ3n) is 16.2. The number of hydrogen-bond donors (Lipinski definition) is 0. The molecule has 11 aromatic rings. The highest BCUT2D eigenvalue weighted by Crippen LogP contribution is 2.51. The normalized spacial score (nSPS) is 14.0. The second-order valence-corrected chi connectivity index (χ2v) is 25.1. The molecule has 0 atom stereocenters. The number of anilines is 4. The van der Waals surface area contributed by atoms with E-state index in [4.69, 9.17) is 13.8 Å². The van der Waals surface area contributed by atoms with Crippen LogP contribution in [0.5, 0.6) is 11.5 Å². The molecule has 0 saturated heterocycles. The van der Waals surface area contributed by atoms with E-state index < -0.39 is 6.04 Å². The molecule has 0 N–H and O–H groups in total. The van der Waals surface area contributed by atoms with Crippen molar-refractivity contribution in [2.75, 3.05) is 16.5 Å². The summed E-state index contributed by atoms with van der Waals surface area (Å²) in [5.74, 6) is 2.13. The van der Waals surface area contributed by atoms with Crippen LogP contribution in [0.25, 0.3) is 61.0 Å². The summed E-state index contributed by atoms with van der Waals surface area (Å²) in [4.78, 5) is 9.57. The fraction of sp³-hybridized carbons (Fsp3) is 0.213. The zero-order chi connectivity index (χ0) is 60.1. The number of benzene rings is 9. The summed E-state index contributed by atoms with van der Waals surface area (Å²) in [7, 11) is 0. The fourth-order valence-electron chi connectivity index (χ4n) is 11.4. The molecule has 9 aromatic carbocycles. The van der Waals surface area contributed by atoms with Crippen molar-refractivity contribution in [1.29, 1.82) is 0 Å². The summed E-state index contributed by atoms with van der Waals surface area (Å²) in [6.45, 7) is 25.2. The predicted molar refractivity (Wildman–Crippen MR) is 338 cm³/mol. The molecule has 5 heteroatoms. The molecule has 0 saturated carbocycles. The molecule has 0 fully saturated rings. The molecule has 1 aliphatic rings. The van der Waals surface area contributed by atoms with Gasteiger partial charge < -0.3 is 14.5 Å². The van der Waals surface area contributed by atoms with Gasteiger partial charge in [-0.3, -0.25) is 4.57 Å². The van der Waals surface area contributed by atoms with Gasteiger partial charge in [0.15, 0.2) is 0 Å². The van der Waals surface area contributed by atoms with Crippen LogP contribution in [-0.2, 0) is 21.7 Å². The van der Waals surface area contributed by atoms with Gasteiger partial charge in [0.2, 0.25) is 0 Å². The quantitative estimate of drug-likeness (QED) is 0.137. The third-order valence-corrected chi connectivity index (χ3v) is 16.2. The molecule has 0 aliphatic carbocycles. The molecule has 0 bridgehead atoms. The summed E-state index contributed by atoms with van der Waals surface area (Å²) < 4.78 is 53.7. The van der Waals surface area contributed by atoms with Gasteiger partial charge in [0, 0.05) is 51.3 Å². The van der Waals surface area contributed by atoms with Crippen molar-refractivity contribution < 1.29 is 11.6 Å². The van der Waals surface area contributed by atoms with Crippen LogP contribution in [0.2, 0.25) is 0 Å². The van der Waals surface area contributed by atoms with E-state index in [2.05, 4.69) is 242 Å². The zero-order valence-corrected chi connectivity index (χ0v) is 47.9. The summed E-state index contributed by atoms with van der Waals surface area (Å²) in [5, 5.41) is 2.20. The van der Waals surface area contributed by atoms with Gasteiger partial charge in [-0.25, -0.2) is 4.98 Å². The van der Waals surface area contributed by atoms with Gasteiger partial charge in [0.05, 0.1) is 34.9 Å². The number of fused-ring (bicyclic) bond motifs is 4. The molecular formula is C75H72N4O. The maximum absolute atomic E-state index is 9.22. The summed E-state index contributed by atoms with van der Waals surface area (Å²) in [6.07, 6.45) is 1.93. The number of pyridine rings is 1. The van der Waals surface area contributed by atoms with Crippen LogP contribution >= 0.6 is 0 Å². The van der Waals surface area contributed by atoms with Crippen molar-refractivity contribution >= 4 is 44.6 Å². The second kappa shape index (κ2) is 19.9. The number of nitrogens with zero attached hydrogens (tertiary/aromatic N) is 4. The van der Waals surface area contributed by atoms with Crippen molar-refractivity contribution in [3.05, 3.63) is 252 Å². The number of rotatable bonds is 10. The molecule has 0 spiro atoms. The highest BCUT2D eigenvalue weighted by molar-refractivity contribution is 6.11. The minimum atomic E-state index is -0.427. The molecule has 3 heterocycles. The Morgan fingerprint density at radius 2 is 1.05 bits per heavy atom. The van der Waals surface area contributed by atoms with Crippen molar-refractivity contribution in [2.24, 2.45) is 0 Å². The van der Waals surface area contributed by atoms with Gasteiger partial charge in [-0.05, 0) is 127 Å². The molecule has 0 amide bonds. The SMILES string of the molecule is [2H]c1c([2H])c([2H])c(-c2cccc(-c3cccc(C(C)(C)C)c3)c2N2CN(c3cccc(Oc4ccc5c6cc(-c7cc(C(C)(C)C)cc(C(C)(C)C)c7)ccc6n(-c6cc(C(C)(C)c7ccccc7)ccn6)c5c4)c3)c3ccccc32)c([2H])c1[2H]. The Labute approximate surface area is 480 Å². The largest absolute Gasteiger partial charge is 0.457 e. The molecule has 0 radical (unpaired) electrons. The van der Waals surface area contributed by atoms with E-state index in [1.54, 1.807) is 0 Å². The Bertz CT molecular complexity index is 4370. The maximum atomic E-state index is 9.22. The first-order chi connectivity index (χ1) is 40.4. The highest BCUT2D eigenvalue weighted by Gasteiger charge is 2.32. The third kappa shape index (κ3) is 9.74. The van der Waals surface area contributed by atoms with E-state index in [9.17, 15) is 2.74 Å². The van der Waals surface area contributed by atoms with Crippen LogP contribution in [0.3, 0.4) is 0 Å². The van der Waals surface area contributed by atoms with E-state index >= 15 is 0 Å². The van der Waals surface area contributed by atoms with E-state index in [0.717, 1.165) is 78.2 Å². The smallest absolute Gasteiger partial charge is 0.137 e. The Morgan fingerprint density at radius 3 is 1.76 bits per heavy atom. The Morgan fingerprint density at radius 1 is 0.425 bits per heavy atom.